The number of hydrogen-bond donors (Lipinski definition) is 0. The first-order valence-electron chi connectivity index (χ1n) is 15.5. The van der Waals surface area contributed by atoms with Gasteiger partial charge in [-0.05, 0) is 95.9 Å². The molecule has 9 rings (SSSR count). The molecule has 0 aromatic heterocycles. The molecule has 0 saturated heterocycles. The predicted octanol–water partition coefficient (Wildman–Crippen LogP) is 11.0. The number of rotatable bonds is 3. The normalized spacial score (nSPS) is 14.2. The van der Waals surface area contributed by atoms with Crippen molar-refractivity contribution < 1.29 is 4.74 Å². The fourth-order valence-electron chi connectivity index (χ4n) is 7.49. The highest BCUT2D eigenvalue weighted by atomic mass is 16.5. The van der Waals surface area contributed by atoms with Gasteiger partial charge in [0.2, 0.25) is 0 Å². The van der Waals surface area contributed by atoms with Gasteiger partial charge >= 0.3 is 0 Å². The van der Waals surface area contributed by atoms with Crippen LogP contribution in [0, 0.1) is 12.3 Å². The summed E-state index contributed by atoms with van der Waals surface area (Å²) in [6.45, 7) is 0.527. The van der Waals surface area contributed by atoms with E-state index in [4.69, 9.17) is 11.2 Å². The molecule has 2 aliphatic rings. The summed E-state index contributed by atoms with van der Waals surface area (Å²) in [6.07, 6.45) is 14.0. The molecule has 0 bridgehead atoms. The van der Waals surface area contributed by atoms with Crippen LogP contribution in [0.4, 0.5) is 0 Å². The van der Waals surface area contributed by atoms with Crippen LogP contribution in [0.1, 0.15) is 27.8 Å². The van der Waals surface area contributed by atoms with Crippen LogP contribution in [0.2, 0.25) is 0 Å². The van der Waals surface area contributed by atoms with E-state index in [9.17, 15) is 0 Å². The van der Waals surface area contributed by atoms with Crippen LogP contribution < -0.4 is 4.74 Å². The number of ether oxygens (including phenoxy) is 1. The highest BCUT2D eigenvalue weighted by molar-refractivity contribution is 6.24. The minimum absolute atomic E-state index is 0.527. The van der Waals surface area contributed by atoms with Gasteiger partial charge in [-0.15, -0.1) is 6.42 Å². The second-order valence-electron chi connectivity index (χ2n) is 11.9. The predicted molar refractivity (Wildman–Crippen MR) is 190 cm³/mol. The zero-order chi connectivity index (χ0) is 29.9. The van der Waals surface area contributed by atoms with Crippen LogP contribution in [0.15, 0.2) is 127 Å². The molecule has 0 unspecified atom stereocenters. The Bertz CT molecular complexity index is 2400. The monoisotopic (exact) mass is 572 g/mol. The molecule has 1 heteroatoms. The van der Waals surface area contributed by atoms with Gasteiger partial charge in [0, 0.05) is 16.7 Å². The topological polar surface area (TPSA) is 9.23 Å². The van der Waals surface area contributed by atoms with E-state index in [0.717, 1.165) is 40.0 Å². The maximum absolute atomic E-state index is 6.38. The van der Waals surface area contributed by atoms with E-state index in [2.05, 4.69) is 133 Å². The number of allylic oxidation sites excluding steroid dienone is 1. The van der Waals surface area contributed by atoms with E-state index in [1.165, 1.54) is 60.1 Å². The molecule has 1 nitrogen and oxygen atoms in total. The lowest BCUT2D eigenvalue weighted by Gasteiger charge is -2.21. The first-order chi connectivity index (χ1) is 22.3. The van der Waals surface area contributed by atoms with Gasteiger partial charge in [0.15, 0.2) is 0 Å². The molecule has 1 aliphatic heterocycles. The van der Waals surface area contributed by atoms with Gasteiger partial charge in [-0.2, -0.15) is 0 Å². The molecule has 0 fully saturated rings. The second-order valence-corrected chi connectivity index (χ2v) is 11.9. The minimum Gasteiger partial charge on any atom is -0.488 e. The summed E-state index contributed by atoms with van der Waals surface area (Å²) in [5, 5.41) is 7.39. The SMILES string of the molecule is C#Cc1c(/C=C2\COc3ccccc32)c(-c2c3ccccc3c(-c3cccc4ccccc34)c3ccccc23)cc2c1CC=C2. The third-order valence-electron chi connectivity index (χ3n) is 9.47. The van der Waals surface area contributed by atoms with Gasteiger partial charge in [-0.1, -0.05) is 127 Å². The summed E-state index contributed by atoms with van der Waals surface area (Å²) in [7, 11) is 0. The first-order valence-corrected chi connectivity index (χ1v) is 15.5. The van der Waals surface area contributed by atoms with Gasteiger partial charge < -0.3 is 4.74 Å². The van der Waals surface area contributed by atoms with Gasteiger partial charge in [0.1, 0.15) is 12.4 Å². The zero-order valence-corrected chi connectivity index (χ0v) is 24.7. The third-order valence-corrected chi connectivity index (χ3v) is 9.47. The standard InChI is InChI=1S/C44H28O/c1-2-31-33-22-12-15-29(33)25-41(40(31)26-30-27-45-42-24-10-9-17-34(30)42)44-38-20-7-5-18-36(38)43(37-19-6-8-21-39(37)44)35-23-11-14-28-13-3-4-16-32(28)35/h1,3-21,23-26H,22,27H2/b30-26+. The van der Waals surface area contributed by atoms with Crippen molar-refractivity contribution >= 4 is 50.0 Å². The summed E-state index contributed by atoms with van der Waals surface area (Å²) in [5.41, 5.74) is 11.6. The Kier molecular flexibility index (Phi) is 5.77. The number of benzene rings is 7. The molecule has 7 aromatic carbocycles. The largest absolute Gasteiger partial charge is 0.488 e. The van der Waals surface area contributed by atoms with E-state index >= 15 is 0 Å². The molecule has 1 aliphatic carbocycles. The summed E-state index contributed by atoms with van der Waals surface area (Å²) in [5.74, 6) is 4.05. The first kappa shape index (κ1) is 25.6. The molecule has 0 spiro atoms. The maximum Gasteiger partial charge on any atom is 0.127 e. The highest BCUT2D eigenvalue weighted by Gasteiger charge is 2.25. The van der Waals surface area contributed by atoms with Gasteiger partial charge in [-0.3, -0.25) is 0 Å². The lowest BCUT2D eigenvalue weighted by Crippen LogP contribution is -2.00. The molecule has 210 valence electrons. The van der Waals surface area contributed by atoms with Crippen molar-refractivity contribution in [3.05, 3.63) is 155 Å². The second kappa shape index (κ2) is 10.1. The summed E-state index contributed by atoms with van der Waals surface area (Å²) < 4.78 is 6.10. The van der Waals surface area contributed by atoms with Crippen molar-refractivity contribution in [1.82, 2.24) is 0 Å². The summed E-state index contributed by atoms with van der Waals surface area (Å²) in [4.78, 5) is 0. The Balaban J connectivity index is 1.42. The van der Waals surface area contributed by atoms with E-state index in [1.54, 1.807) is 0 Å². The summed E-state index contributed by atoms with van der Waals surface area (Å²) in [6, 6.07) is 43.7. The van der Waals surface area contributed by atoms with E-state index in [-0.39, 0.29) is 0 Å². The van der Waals surface area contributed by atoms with Crippen molar-refractivity contribution in [2.75, 3.05) is 6.61 Å². The lowest BCUT2D eigenvalue weighted by atomic mass is 9.81. The average molecular weight is 573 g/mol. The Morgan fingerprint density at radius 2 is 1.22 bits per heavy atom. The molecule has 45 heavy (non-hydrogen) atoms. The van der Waals surface area contributed by atoms with Crippen molar-refractivity contribution in [3.63, 3.8) is 0 Å². The molecule has 7 aromatic rings. The number of fused-ring (bicyclic) bond motifs is 5. The fourth-order valence-corrected chi connectivity index (χ4v) is 7.49. The van der Waals surface area contributed by atoms with Gasteiger partial charge in [0.25, 0.3) is 0 Å². The minimum atomic E-state index is 0.527. The number of hydrogen-bond acceptors (Lipinski definition) is 1. The number of para-hydroxylation sites is 1. The van der Waals surface area contributed by atoms with Gasteiger partial charge in [0.05, 0.1) is 0 Å². The van der Waals surface area contributed by atoms with Crippen molar-refractivity contribution in [3.8, 4) is 40.3 Å². The van der Waals surface area contributed by atoms with Crippen molar-refractivity contribution in [1.29, 1.82) is 0 Å². The Morgan fingerprint density at radius 3 is 1.96 bits per heavy atom. The van der Waals surface area contributed by atoms with Crippen LogP contribution in [-0.2, 0) is 6.42 Å². The van der Waals surface area contributed by atoms with Crippen molar-refractivity contribution in [2.45, 2.75) is 6.42 Å². The van der Waals surface area contributed by atoms with Crippen molar-refractivity contribution in [2.24, 2.45) is 0 Å². The lowest BCUT2D eigenvalue weighted by molar-refractivity contribution is 0.389. The molecular formula is C44H28O. The molecule has 0 amide bonds. The third kappa shape index (κ3) is 3.90. The summed E-state index contributed by atoms with van der Waals surface area (Å²) >= 11 is 0. The molecule has 0 N–H and O–H groups in total. The quantitative estimate of drug-likeness (QED) is 0.151. The van der Waals surface area contributed by atoms with E-state index < -0.39 is 0 Å². The molecule has 1 heterocycles. The van der Waals surface area contributed by atoms with Gasteiger partial charge in [-0.25, -0.2) is 0 Å². The molecular weight excluding hydrogens is 544 g/mol. The van der Waals surface area contributed by atoms with E-state index in [1.807, 2.05) is 12.1 Å². The van der Waals surface area contributed by atoms with Crippen LogP contribution >= 0.6 is 0 Å². The molecule has 0 atom stereocenters. The average Bonchev–Trinajstić information content (AvgIpc) is 3.74. The Labute approximate surface area is 262 Å². The fraction of sp³-hybridized carbons (Fsp3) is 0.0455. The maximum atomic E-state index is 6.38. The van der Waals surface area contributed by atoms with E-state index in [0.29, 0.717) is 6.61 Å². The smallest absolute Gasteiger partial charge is 0.127 e. The molecule has 0 saturated carbocycles. The van der Waals surface area contributed by atoms with Crippen LogP contribution in [0.5, 0.6) is 5.75 Å². The Hall–Kier alpha value is -5.84. The zero-order valence-electron chi connectivity index (χ0n) is 24.7. The van der Waals surface area contributed by atoms with Crippen LogP contribution in [0.25, 0.3) is 72.3 Å². The van der Waals surface area contributed by atoms with Crippen LogP contribution in [-0.4, -0.2) is 6.61 Å². The molecule has 0 radical (unpaired) electrons. The number of terminal acetylenes is 1. The Morgan fingerprint density at radius 1 is 0.622 bits per heavy atom. The van der Waals surface area contributed by atoms with Crippen LogP contribution in [0.3, 0.4) is 0 Å². The highest BCUT2D eigenvalue weighted by Crippen LogP contribution is 2.48.